The van der Waals surface area contributed by atoms with E-state index in [9.17, 15) is 13.2 Å². The van der Waals surface area contributed by atoms with Crippen molar-refractivity contribution >= 4 is 26.7 Å². The molecular formula is C24H26N2O3S. The summed E-state index contributed by atoms with van der Waals surface area (Å²) in [6, 6.07) is 21.4. The van der Waals surface area contributed by atoms with Crippen LogP contribution in [0.4, 0.5) is 0 Å². The molecule has 30 heavy (non-hydrogen) atoms. The number of carbonyl (C=O) groups is 1. The van der Waals surface area contributed by atoms with Gasteiger partial charge in [0.15, 0.2) is 0 Å². The zero-order valence-corrected chi connectivity index (χ0v) is 17.6. The van der Waals surface area contributed by atoms with Crippen LogP contribution in [-0.4, -0.2) is 26.4 Å². The predicted octanol–water partition coefficient (Wildman–Crippen LogP) is 3.79. The van der Waals surface area contributed by atoms with Crippen LogP contribution in [0, 0.1) is 0 Å². The highest BCUT2D eigenvalue weighted by molar-refractivity contribution is 7.89. The number of benzene rings is 3. The molecule has 1 unspecified atom stereocenters. The van der Waals surface area contributed by atoms with Crippen LogP contribution in [0.25, 0.3) is 10.8 Å². The molecule has 1 amide bonds. The van der Waals surface area contributed by atoms with E-state index in [1.54, 1.807) is 18.2 Å². The maximum Gasteiger partial charge on any atom is 0.241 e. The van der Waals surface area contributed by atoms with Crippen molar-refractivity contribution in [2.45, 2.75) is 49.1 Å². The van der Waals surface area contributed by atoms with E-state index in [2.05, 4.69) is 10.0 Å². The summed E-state index contributed by atoms with van der Waals surface area (Å²) >= 11 is 0. The summed E-state index contributed by atoms with van der Waals surface area (Å²) in [5, 5.41) is 4.85. The van der Waals surface area contributed by atoms with Crippen LogP contribution >= 0.6 is 0 Å². The zero-order chi connectivity index (χ0) is 21.0. The van der Waals surface area contributed by atoms with Crippen molar-refractivity contribution in [3.05, 3.63) is 78.4 Å². The molecule has 6 heteroatoms. The van der Waals surface area contributed by atoms with E-state index in [-0.39, 0.29) is 16.8 Å². The third kappa shape index (κ3) is 4.89. The van der Waals surface area contributed by atoms with Crippen molar-refractivity contribution < 1.29 is 13.2 Å². The number of hydrogen-bond acceptors (Lipinski definition) is 3. The summed E-state index contributed by atoms with van der Waals surface area (Å²) in [5.74, 6) is -0.268. The van der Waals surface area contributed by atoms with Crippen molar-refractivity contribution in [3.8, 4) is 0 Å². The normalized spacial score (nSPS) is 15.9. The standard InChI is InChI=1S/C24H26N2O3S/c27-24(25-21-12-6-7-13-21)23(16-18-8-2-1-3-9-18)26-30(28,29)22-15-14-19-10-4-5-11-20(19)17-22/h1-5,8-11,14-15,17,21,23,26H,6-7,12-13,16H2,(H,25,27). The third-order valence-electron chi connectivity index (χ3n) is 5.63. The van der Waals surface area contributed by atoms with Crippen LogP contribution in [0.15, 0.2) is 77.7 Å². The summed E-state index contributed by atoms with van der Waals surface area (Å²) in [7, 11) is -3.86. The maximum atomic E-state index is 13.1. The van der Waals surface area contributed by atoms with Crippen molar-refractivity contribution in [2.24, 2.45) is 0 Å². The highest BCUT2D eigenvalue weighted by atomic mass is 32.2. The number of sulfonamides is 1. The summed E-state index contributed by atoms with van der Waals surface area (Å²) in [6.07, 6.45) is 4.38. The molecule has 0 spiro atoms. The van der Waals surface area contributed by atoms with Gasteiger partial charge in [0.25, 0.3) is 0 Å². The Bertz CT molecular complexity index is 1120. The van der Waals surface area contributed by atoms with Crippen LogP contribution in [0.2, 0.25) is 0 Å². The second-order valence-corrected chi connectivity index (χ2v) is 9.58. The second kappa shape index (κ2) is 8.98. The number of hydrogen-bond donors (Lipinski definition) is 2. The molecule has 0 radical (unpaired) electrons. The Balaban J connectivity index is 1.58. The Kier molecular flexibility index (Phi) is 6.16. The van der Waals surface area contributed by atoms with E-state index in [4.69, 9.17) is 0 Å². The Morgan fingerprint density at radius 2 is 1.57 bits per heavy atom. The molecule has 2 N–H and O–H groups in total. The van der Waals surface area contributed by atoms with Gasteiger partial charge in [-0.1, -0.05) is 73.5 Å². The molecule has 0 aliphatic heterocycles. The molecule has 1 saturated carbocycles. The summed E-state index contributed by atoms with van der Waals surface area (Å²) in [4.78, 5) is 13.1. The van der Waals surface area contributed by atoms with Crippen molar-refractivity contribution in [1.29, 1.82) is 0 Å². The van der Waals surface area contributed by atoms with Gasteiger partial charge in [0.2, 0.25) is 15.9 Å². The minimum atomic E-state index is -3.86. The molecule has 1 aliphatic rings. The Labute approximate surface area is 177 Å². The molecule has 0 aromatic heterocycles. The lowest BCUT2D eigenvalue weighted by Crippen LogP contribution is -2.50. The average Bonchev–Trinajstić information content (AvgIpc) is 3.26. The van der Waals surface area contributed by atoms with Gasteiger partial charge in [0, 0.05) is 6.04 Å². The van der Waals surface area contributed by atoms with Crippen molar-refractivity contribution in [2.75, 3.05) is 0 Å². The second-order valence-electron chi connectivity index (χ2n) is 7.86. The lowest BCUT2D eigenvalue weighted by Gasteiger charge is -2.21. The fourth-order valence-electron chi connectivity index (χ4n) is 4.00. The van der Waals surface area contributed by atoms with Gasteiger partial charge < -0.3 is 5.32 Å². The highest BCUT2D eigenvalue weighted by Gasteiger charge is 2.28. The average molecular weight is 423 g/mol. The number of amides is 1. The molecule has 1 fully saturated rings. The quantitative estimate of drug-likeness (QED) is 0.608. The molecule has 4 rings (SSSR count). The molecule has 0 heterocycles. The van der Waals surface area contributed by atoms with Crippen molar-refractivity contribution in [1.82, 2.24) is 10.0 Å². The molecule has 1 aliphatic carbocycles. The van der Waals surface area contributed by atoms with Gasteiger partial charge in [-0.25, -0.2) is 8.42 Å². The molecule has 156 valence electrons. The monoisotopic (exact) mass is 422 g/mol. The van der Waals surface area contributed by atoms with E-state index in [0.717, 1.165) is 42.0 Å². The molecule has 3 aromatic rings. The third-order valence-corrected chi connectivity index (χ3v) is 7.10. The highest BCUT2D eigenvalue weighted by Crippen LogP contribution is 2.21. The van der Waals surface area contributed by atoms with E-state index in [0.29, 0.717) is 6.42 Å². The Morgan fingerprint density at radius 1 is 0.900 bits per heavy atom. The number of nitrogens with one attached hydrogen (secondary N) is 2. The minimum absolute atomic E-state index is 0.126. The fraction of sp³-hybridized carbons (Fsp3) is 0.292. The predicted molar refractivity (Wildman–Crippen MR) is 119 cm³/mol. The molecular weight excluding hydrogens is 396 g/mol. The summed E-state index contributed by atoms with van der Waals surface area (Å²) < 4.78 is 28.9. The SMILES string of the molecule is O=C(NC1CCCC1)C(Cc1ccccc1)NS(=O)(=O)c1ccc2ccccc2c1. The van der Waals surface area contributed by atoms with E-state index < -0.39 is 16.1 Å². The van der Waals surface area contributed by atoms with E-state index in [1.165, 1.54) is 0 Å². The minimum Gasteiger partial charge on any atom is -0.352 e. The Hall–Kier alpha value is -2.70. The van der Waals surface area contributed by atoms with Crippen LogP contribution in [0.5, 0.6) is 0 Å². The fourth-order valence-corrected chi connectivity index (χ4v) is 5.23. The van der Waals surface area contributed by atoms with Gasteiger partial charge in [-0.2, -0.15) is 4.72 Å². The lowest BCUT2D eigenvalue weighted by molar-refractivity contribution is -0.123. The molecule has 3 aromatic carbocycles. The summed E-state index contributed by atoms with van der Waals surface area (Å²) in [5.41, 5.74) is 0.908. The first-order chi connectivity index (χ1) is 14.5. The number of carbonyl (C=O) groups excluding carboxylic acids is 1. The molecule has 0 saturated heterocycles. The van der Waals surface area contributed by atoms with Gasteiger partial charge in [-0.3, -0.25) is 4.79 Å². The molecule has 0 bridgehead atoms. The zero-order valence-electron chi connectivity index (χ0n) is 16.8. The van der Waals surface area contributed by atoms with Crippen LogP contribution in [0.3, 0.4) is 0 Å². The van der Waals surface area contributed by atoms with Crippen molar-refractivity contribution in [3.63, 3.8) is 0 Å². The van der Waals surface area contributed by atoms with Gasteiger partial charge in [0.05, 0.1) is 4.90 Å². The summed E-state index contributed by atoms with van der Waals surface area (Å²) in [6.45, 7) is 0. The number of rotatable bonds is 7. The Morgan fingerprint density at radius 3 is 2.30 bits per heavy atom. The van der Waals surface area contributed by atoms with Crippen LogP contribution in [0.1, 0.15) is 31.2 Å². The smallest absolute Gasteiger partial charge is 0.241 e. The maximum absolute atomic E-state index is 13.1. The van der Waals surface area contributed by atoms with Crippen LogP contribution < -0.4 is 10.0 Å². The first-order valence-electron chi connectivity index (χ1n) is 10.4. The van der Waals surface area contributed by atoms with E-state index >= 15 is 0 Å². The first-order valence-corrected chi connectivity index (χ1v) is 11.8. The topological polar surface area (TPSA) is 75.3 Å². The lowest BCUT2D eigenvalue weighted by atomic mass is 10.1. The largest absolute Gasteiger partial charge is 0.352 e. The number of fused-ring (bicyclic) bond motifs is 1. The van der Waals surface area contributed by atoms with E-state index in [1.807, 2.05) is 54.6 Å². The first kappa shape index (κ1) is 20.6. The molecule has 5 nitrogen and oxygen atoms in total. The molecule has 1 atom stereocenters. The van der Waals surface area contributed by atoms with Gasteiger partial charge in [-0.05, 0) is 47.7 Å². The van der Waals surface area contributed by atoms with Crippen LogP contribution in [-0.2, 0) is 21.2 Å². The van der Waals surface area contributed by atoms with Gasteiger partial charge in [0.1, 0.15) is 6.04 Å². The van der Waals surface area contributed by atoms with Gasteiger partial charge in [-0.15, -0.1) is 0 Å². The van der Waals surface area contributed by atoms with Gasteiger partial charge >= 0.3 is 0 Å².